The van der Waals surface area contributed by atoms with Crippen LogP contribution in [0.3, 0.4) is 0 Å². The Morgan fingerprint density at radius 3 is 1.82 bits per heavy atom. The summed E-state index contributed by atoms with van der Waals surface area (Å²) in [6, 6.07) is 15.1. The second-order valence-electron chi connectivity index (χ2n) is 4.46. The normalized spacial score (nSPS) is 9.09. The maximum atomic E-state index is 10.1. The van der Waals surface area contributed by atoms with Crippen molar-refractivity contribution in [1.29, 1.82) is 0 Å². The number of benzene rings is 2. The van der Waals surface area contributed by atoms with Gasteiger partial charge in [-0.25, -0.2) is 0 Å². The van der Waals surface area contributed by atoms with Gasteiger partial charge in [0.1, 0.15) is 11.5 Å². The fourth-order valence-corrected chi connectivity index (χ4v) is 1.35. The van der Waals surface area contributed by atoms with Crippen molar-refractivity contribution in [2.45, 2.75) is 25.9 Å². The van der Waals surface area contributed by atoms with Gasteiger partial charge < -0.3 is 21.7 Å². The summed E-state index contributed by atoms with van der Waals surface area (Å²) in [5.74, 6) is 0.356. The van der Waals surface area contributed by atoms with Crippen LogP contribution < -0.4 is 11.5 Å². The van der Waals surface area contributed by atoms with Crippen LogP contribution in [0.4, 0.5) is 0 Å². The van der Waals surface area contributed by atoms with Crippen LogP contribution in [-0.4, -0.2) is 22.7 Å². The van der Waals surface area contributed by atoms with Crippen molar-refractivity contribution in [2.75, 3.05) is 0 Å². The minimum Gasteiger partial charge on any atom is -0.508 e. The number of rotatable bonds is 3. The van der Waals surface area contributed by atoms with Crippen LogP contribution in [0.25, 0.3) is 0 Å². The van der Waals surface area contributed by atoms with Crippen molar-refractivity contribution in [3.8, 4) is 11.5 Å². The average molecular weight is 304 g/mol. The number of carbonyl (C=O) groups excluding carboxylic acids is 1. The van der Waals surface area contributed by atoms with Gasteiger partial charge in [-0.3, -0.25) is 4.79 Å². The predicted octanol–water partition coefficient (Wildman–Crippen LogP) is 2.63. The molecule has 6 N–H and O–H groups in total. The number of hydrogen-bond donors (Lipinski definition) is 4. The monoisotopic (exact) mass is 304 g/mol. The molecule has 0 atom stereocenters. The molecule has 0 fully saturated rings. The standard InChI is InChI=1S/C7H6O2.C6H6O.C4H12N2/c8-5-6-3-1-2-4-7(6)9;7-6-4-2-1-3-5-6;1-2-3-4(5)6/h1-5,9H;1-5,7H;4H,2-3,5-6H2,1H3. The molecule has 2 aromatic carbocycles. The van der Waals surface area contributed by atoms with Crippen LogP contribution in [-0.2, 0) is 0 Å². The van der Waals surface area contributed by atoms with Gasteiger partial charge in [-0.1, -0.05) is 43.7 Å². The Bertz CT molecular complexity index is 516. The molecular formula is C17H24N2O3. The number of carbonyl (C=O) groups is 1. The fourth-order valence-electron chi connectivity index (χ4n) is 1.35. The van der Waals surface area contributed by atoms with E-state index in [1.165, 1.54) is 6.07 Å². The highest BCUT2D eigenvalue weighted by Crippen LogP contribution is 2.11. The minimum atomic E-state index is -0.102. The molecule has 2 aromatic rings. The first-order chi connectivity index (χ1) is 10.5. The van der Waals surface area contributed by atoms with E-state index in [9.17, 15) is 4.79 Å². The number of aldehydes is 1. The van der Waals surface area contributed by atoms with E-state index < -0.39 is 0 Å². The van der Waals surface area contributed by atoms with Crippen molar-refractivity contribution in [3.63, 3.8) is 0 Å². The quantitative estimate of drug-likeness (QED) is 0.515. The van der Waals surface area contributed by atoms with E-state index >= 15 is 0 Å². The summed E-state index contributed by atoms with van der Waals surface area (Å²) in [5, 5.41) is 17.5. The molecule has 120 valence electrons. The van der Waals surface area contributed by atoms with E-state index in [2.05, 4.69) is 6.92 Å². The molecule has 0 aliphatic heterocycles. The molecule has 0 spiro atoms. The van der Waals surface area contributed by atoms with Gasteiger partial charge in [-0.05, 0) is 30.7 Å². The second-order valence-corrected chi connectivity index (χ2v) is 4.46. The lowest BCUT2D eigenvalue weighted by Crippen LogP contribution is -2.29. The van der Waals surface area contributed by atoms with E-state index in [1.807, 2.05) is 6.07 Å². The number of phenols is 2. The molecule has 2 rings (SSSR count). The maximum absolute atomic E-state index is 10.1. The molecule has 0 aliphatic rings. The Morgan fingerprint density at radius 2 is 1.55 bits per heavy atom. The van der Waals surface area contributed by atoms with E-state index in [-0.39, 0.29) is 11.9 Å². The van der Waals surface area contributed by atoms with Gasteiger partial charge in [0.25, 0.3) is 0 Å². The van der Waals surface area contributed by atoms with Crippen LogP contribution in [0.5, 0.6) is 11.5 Å². The summed E-state index contributed by atoms with van der Waals surface area (Å²) in [6.45, 7) is 2.06. The number of phenolic OH excluding ortho intramolecular Hbond substituents is 2. The van der Waals surface area contributed by atoms with Crippen LogP contribution in [0, 0.1) is 0 Å². The van der Waals surface area contributed by atoms with Crippen molar-refractivity contribution < 1.29 is 15.0 Å². The molecule has 0 aliphatic carbocycles. The molecule has 0 radical (unpaired) electrons. The van der Waals surface area contributed by atoms with Gasteiger partial charge >= 0.3 is 0 Å². The summed E-state index contributed by atoms with van der Waals surface area (Å²) >= 11 is 0. The first kappa shape index (κ1) is 19.6. The van der Waals surface area contributed by atoms with Crippen LogP contribution >= 0.6 is 0 Å². The molecule has 22 heavy (non-hydrogen) atoms. The molecular weight excluding hydrogens is 280 g/mol. The van der Waals surface area contributed by atoms with Gasteiger partial charge in [0.15, 0.2) is 6.29 Å². The van der Waals surface area contributed by atoms with Crippen LogP contribution in [0.15, 0.2) is 54.6 Å². The summed E-state index contributed by atoms with van der Waals surface area (Å²) < 4.78 is 0. The Morgan fingerprint density at radius 1 is 1.00 bits per heavy atom. The van der Waals surface area contributed by atoms with Crippen molar-refractivity contribution in [3.05, 3.63) is 60.2 Å². The van der Waals surface area contributed by atoms with Gasteiger partial charge in [0.2, 0.25) is 0 Å². The number of para-hydroxylation sites is 2. The zero-order chi connectivity index (χ0) is 16.8. The summed E-state index contributed by atoms with van der Waals surface area (Å²) in [4.78, 5) is 10.1. The zero-order valence-electron chi connectivity index (χ0n) is 12.7. The van der Waals surface area contributed by atoms with Crippen LogP contribution in [0.2, 0.25) is 0 Å². The Kier molecular flexibility index (Phi) is 11.0. The summed E-state index contributed by atoms with van der Waals surface area (Å²) in [6.07, 6.45) is 2.53. The topological polar surface area (TPSA) is 110 Å². The molecule has 0 bridgehead atoms. The molecule has 0 amide bonds. The molecule has 0 aromatic heterocycles. The molecule has 0 heterocycles. The van der Waals surface area contributed by atoms with Crippen molar-refractivity contribution in [2.24, 2.45) is 11.5 Å². The highest BCUT2D eigenvalue weighted by molar-refractivity contribution is 5.78. The van der Waals surface area contributed by atoms with Crippen LogP contribution in [0.1, 0.15) is 30.1 Å². The van der Waals surface area contributed by atoms with Gasteiger partial charge in [0, 0.05) is 0 Å². The third-order valence-electron chi connectivity index (χ3n) is 2.44. The first-order valence-corrected chi connectivity index (χ1v) is 6.99. The highest BCUT2D eigenvalue weighted by Gasteiger charge is 1.93. The number of aromatic hydroxyl groups is 2. The fraction of sp³-hybridized carbons (Fsp3) is 0.235. The minimum absolute atomic E-state index is 0.0347. The van der Waals surface area contributed by atoms with Gasteiger partial charge in [0.05, 0.1) is 11.7 Å². The Labute approximate surface area is 131 Å². The average Bonchev–Trinajstić information content (AvgIpc) is 2.50. The van der Waals surface area contributed by atoms with E-state index in [4.69, 9.17) is 21.7 Å². The van der Waals surface area contributed by atoms with Crippen molar-refractivity contribution >= 4 is 6.29 Å². The molecule has 0 unspecified atom stereocenters. The molecule has 0 saturated carbocycles. The second kappa shape index (κ2) is 12.4. The van der Waals surface area contributed by atoms with E-state index in [0.29, 0.717) is 17.6 Å². The van der Waals surface area contributed by atoms with Gasteiger partial charge in [-0.15, -0.1) is 0 Å². The largest absolute Gasteiger partial charge is 0.508 e. The smallest absolute Gasteiger partial charge is 0.153 e. The van der Waals surface area contributed by atoms with E-state index in [1.54, 1.807) is 42.5 Å². The third kappa shape index (κ3) is 10.4. The number of nitrogens with two attached hydrogens (primary N) is 2. The number of hydrogen-bond acceptors (Lipinski definition) is 5. The lowest BCUT2D eigenvalue weighted by Gasteiger charge is -1.97. The summed E-state index contributed by atoms with van der Waals surface area (Å²) in [5.41, 5.74) is 10.7. The Balaban J connectivity index is 0.000000309. The molecule has 5 nitrogen and oxygen atoms in total. The van der Waals surface area contributed by atoms with E-state index in [0.717, 1.165) is 12.8 Å². The lowest BCUT2D eigenvalue weighted by molar-refractivity contribution is 0.112. The highest BCUT2D eigenvalue weighted by atomic mass is 16.3. The Hall–Kier alpha value is -2.37. The molecule has 0 saturated heterocycles. The third-order valence-corrected chi connectivity index (χ3v) is 2.44. The van der Waals surface area contributed by atoms with Gasteiger partial charge in [-0.2, -0.15) is 0 Å². The predicted molar refractivity (Wildman–Crippen MR) is 88.7 cm³/mol. The first-order valence-electron chi connectivity index (χ1n) is 6.99. The summed E-state index contributed by atoms with van der Waals surface area (Å²) in [7, 11) is 0. The lowest BCUT2D eigenvalue weighted by atomic mass is 10.2. The zero-order valence-corrected chi connectivity index (χ0v) is 12.7. The maximum Gasteiger partial charge on any atom is 0.153 e. The molecule has 5 heteroatoms. The van der Waals surface area contributed by atoms with Crippen molar-refractivity contribution in [1.82, 2.24) is 0 Å². The SMILES string of the molecule is CCCC(N)N.O=Cc1ccccc1O.Oc1ccccc1.